The van der Waals surface area contributed by atoms with Crippen LogP contribution in [0.5, 0.6) is 5.75 Å². The van der Waals surface area contributed by atoms with E-state index in [0.29, 0.717) is 44.7 Å². The van der Waals surface area contributed by atoms with Crippen LogP contribution in [0.2, 0.25) is 0 Å². The molecular formula is C63H54N3OPt-. The molecule has 68 heavy (non-hydrogen) atoms. The Morgan fingerprint density at radius 3 is 1.93 bits per heavy atom. The van der Waals surface area contributed by atoms with Gasteiger partial charge in [-0.25, -0.2) is 4.98 Å². The van der Waals surface area contributed by atoms with Gasteiger partial charge in [0.05, 0.1) is 27.8 Å². The van der Waals surface area contributed by atoms with E-state index >= 15 is 0 Å². The van der Waals surface area contributed by atoms with Gasteiger partial charge in [0, 0.05) is 52.2 Å². The smallest absolute Gasteiger partial charge is 0.148 e. The minimum absolute atomic E-state index is 0. The average Bonchev–Trinajstić information content (AvgIpc) is 1.92. The Morgan fingerprint density at radius 2 is 1.26 bits per heavy atom. The minimum atomic E-state index is -3.83. The van der Waals surface area contributed by atoms with Crippen LogP contribution < -0.4 is 0 Å². The van der Waals surface area contributed by atoms with Crippen molar-refractivity contribution < 1.29 is 45.4 Å². The molecule has 4 nitrogen and oxygen atoms in total. The third-order valence-electron chi connectivity index (χ3n) is 12.0. The van der Waals surface area contributed by atoms with Gasteiger partial charge in [-0.2, -0.15) is 0 Å². The van der Waals surface area contributed by atoms with Crippen LogP contribution in [0.1, 0.15) is 81.7 Å². The van der Waals surface area contributed by atoms with Gasteiger partial charge < -0.3 is 5.11 Å². The van der Waals surface area contributed by atoms with E-state index in [1.54, 1.807) is 0 Å². The van der Waals surface area contributed by atoms with Gasteiger partial charge in [-0.1, -0.05) is 191 Å². The number of rotatable bonds is 9. The maximum Gasteiger partial charge on any atom is 0.148 e. The second kappa shape index (κ2) is 18.9. The largest absolute Gasteiger partial charge is 0.507 e. The summed E-state index contributed by atoms with van der Waals surface area (Å²) in [4.78, 5) is 10.2. The third-order valence-corrected chi connectivity index (χ3v) is 12.0. The van der Waals surface area contributed by atoms with Crippen molar-refractivity contribution in [3.05, 3.63) is 216 Å². The zero-order valence-electron chi connectivity index (χ0n) is 51.7. The van der Waals surface area contributed by atoms with E-state index in [4.69, 9.17) is 25.0 Å². The molecule has 2 aromatic heterocycles. The molecule has 5 heteroatoms. The van der Waals surface area contributed by atoms with E-state index in [-0.39, 0.29) is 43.6 Å². The zero-order chi connectivity index (χ0) is 58.3. The summed E-state index contributed by atoms with van der Waals surface area (Å²) in [5.74, 6) is -0.521. The molecule has 0 amide bonds. The molecule has 0 fully saturated rings. The van der Waals surface area contributed by atoms with Crippen molar-refractivity contribution in [3.8, 4) is 89.7 Å². The monoisotopic (exact) mass is 1080 g/mol. The van der Waals surface area contributed by atoms with E-state index in [9.17, 15) is 9.22 Å². The SMILES string of the molecule is [2H]c1c([2H])c(C(C([2H])([2H])[2H])(C([2H])([2H])[2H])C([2H])([2H])[2H])c([2H])c([2H])c1-c1ccnc(-c2[c-]c(-c3cccc4c3nc(-c3cc(C)cc(C)c3O)n4-c3cc(-c4ccccc4)c(C([2H])(C)C)cc3-c3ccccc3)cc(-c3ccccc3)c2)c1.[Pt]. The molecule has 0 unspecified atom stereocenters. The van der Waals surface area contributed by atoms with Gasteiger partial charge in [0.25, 0.3) is 0 Å². The van der Waals surface area contributed by atoms with Gasteiger partial charge in [0.2, 0.25) is 0 Å². The van der Waals surface area contributed by atoms with Crippen LogP contribution in [0.3, 0.4) is 0 Å². The van der Waals surface area contributed by atoms with Crippen molar-refractivity contribution in [1.29, 1.82) is 0 Å². The van der Waals surface area contributed by atoms with E-state index in [0.717, 1.165) is 50.2 Å². The second-order valence-corrected chi connectivity index (χ2v) is 17.1. The van der Waals surface area contributed by atoms with Crippen molar-refractivity contribution in [2.45, 2.75) is 59.6 Å². The van der Waals surface area contributed by atoms with Gasteiger partial charge in [0.15, 0.2) is 0 Å². The van der Waals surface area contributed by atoms with Crippen molar-refractivity contribution in [3.63, 3.8) is 0 Å². The summed E-state index contributed by atoms with van der Waals surface area (Å²) in [7, 11) is 0. The van der Waals surface area contributed by atoms with Crippen molar-refractivity contribution in [2.24, 2.45) is 0 Å². The number of hydrogen-bond donors (Lipinski definition) is 1. The summed E-state index contributed by atoms with van der Waals surface area (Å²) >= 11 is 0. The normalized spacial score (nSPS) is 15.2. The molecule has 0 spiro atoms. The molecule has 338 valence electrons. The molecule has 0 atom stereocenters. The van der Waals surface area contributed by atoms with E-state index in [1.807, 2.05) is 161 Å². The van der Waals surface area contributed by atoms with Gasteiger partial charge in [-0.15, -0.1) is 23.8 Å². The molecule has 8 aromatic carbocycles. The molecule has 1 N–H and O–H groups in total. The maximum absolute atomic E-state index is 12.1. The van der Waals surface area contributed by atoms with E-state index in [2.05, 4.69) is 22.8 Å². The number of phenols is 1. The summed E-state index contributed by atoms with van der Waals surface area (Å²) in [6.07, 6.45) is 1.40. The van der Waals surface area contributed by atoms with Crippen molar-refractivity contribution in [2.75, 3.05) is 0 Å². The number of fused-ring (bicyclic) bond motifs is 1. The van der Waals surface area contributed by atoms with Gasteiger partial charge >= 0.3 is 0 Å². The van der Waals surface area contributed by atoms with Crippen molar-refractivity contribution >= 4 is 11.0 Å². The predicted molar refractivity (Wildman–Crippen MR) is 280 cm³/mol. The van der Waals surface area contributed by atoms with Crippen LogP contribution >= 0.6 is 0 Å². The first kappa shape index (κ1) is 31.8. The first-order chi connectivity index (χ1) is 38.1. The Bertz CT molecular complexity index is 4010. The number of imidazole rings is 1. The van der Waals surface area contributed by atoms with Crippen LogP contribution in [-0.4, -0.2) is 19.6 Å². The van der Waals surface area contributed by atoms with Crippen LogP contribution in [0.4, 0.5) is 0 Å². The fourth-order valence-corrected chi connectivity index (χ4v) is 8.79. The molecule has 10 aromatic rings. The molecule has 10 rings (SSSR count). The Morgan fingerprint density at radius 1 is 0.618 bits per heavy atom. The Hall–Kier alpha value is -7.13. The zero-order valence-corrected chi connectivity index (χ0v) is 40.0. The summed E-state index contributed by atoms with van der Waals surface area (Å²) in [6.45, 7) is -3.92. The maximum atomic E-state index is 12.1. The minimum Gasteiger partial charge on any atom is -0.507 e. The Balaban J connectivity index is 0.00000810. The average molecular weight is 1080 g/mol. The molecule has 0 aliphatic rings. The number of pyridine rings is 1. The number of hydrogen-bond acceptors (Lipinski definition) is 3. The molecule has 0 radical (unpaired) electrons. The van der Waals surface area contributed by atoms with Gasteiger partial charge in [-0.05, 0) is 111 Å². The number of phenolic OH excluding ortho intramolecular Hbond substituents is 1. The fraction of sp³-hybridized carbons (Fsp3) is 0.143. The summed E-state index contributed by atoms with van der Waals surface area (Å²) in [5, 5.41) is 12.1. The van der Waals surface area contributed by atoms with Gasteiger partial charge in [0.1, 0.15) is 11.6 Å². The molecule has 0 aliphatic heterocycles. The molecular weight excluding hydrogens is 1010 g/mol. The summed E-state index contributed by atoms with van der Waals surface area (Å²) in [6, 6.07) is 49.8. The quantitative estimate of drug-likeness (QED) is 0.147. The molecule has 0 saturated heterocycles. The Labute approximate surface area is 435 Å². The van der Waals surface area contributed by atoms with Crippen LogP contribution in [0.15, 0.2) is 188 Å². The first-order valence-corrected chi connectivity index (χ1v) is 22.0. The van der Waals surface area contributed by atoms with Crippen LogP contribution in [0, 0.1) is 19.9 Å². The van der Waals surface area contributed by atoms with E-state index < -0.39 is 61.6 Å². The summed E-state index contributed by atoms with van der Waals surface area (Å²) < 4.78 is 122. The fourth-order valence-electron chi connectivity index (χ4n) is 8.79. The van der Waals surface area contributed by atoms with Crippen molar-refractivity contribution in [1.82, 2.24) is 14.5 Å². The van der Waals surface area contributed by atoms with Crippen LogP contribution in [-0.2, 0) is 26.5 Å². The van der Waals surface area contributed by atoms with Gasteiger partial charge in [-0.3, -0.25) is 9.55 Å². The molecule has 2 heterocycles. The topological polar surface area (TPSA) is 50.9 Å². The number of aryl methyl sites for hydroxylation is 2. The predicted octanol–water partition coefficient (Wildman–Crippen LogP) is 16.6. The number of benzene rings is 8. The number of aromatic hydroxyl groups is 1. The third kappa shape index (κ3) is 8.90. The van der Waals surface area contributed by atoms with E-state index in [1.165, 1.54) is 18.3 Å². The molecule has 0 saturated carbocycles. The summed E-state index contributed by atoms with van der Waals surface area (Å²) in [5.41, 5.74) is 6.55. The standard InChI is InChI=1S/C63H54N3O.Pt/c1-40(2)53-38-55(46-22-15-10-16-23-46)59(39-54(53)45-20-13-9-14-21-45)66-58-25-17-24-52(60(58)65-62(66)56-33-41(3)32-42(4)61(56)67)49-34-48(43-18-11-8-12-19-43)35-50(36-49)57-37-47(30-31-64-57)44-26-28-51(29-27-44)63(5,6)7;/h8-35,37-40,67H,1-7H3;/q-1;/i5D3,6D3,7D3,26D,27D,28D,29D,40D;. The molecule has 0 aliphatic carbocycles. The van der Waals surface area contributed by atoms with Crippen LogP contribution in [0.25, 0.3) is 95.0 Å². The first-order valence-electron chi connectivity index (χ1n) is 29.0. The number of aromatic nitrogens is 3. The molecule has 0 bridgehead atoms. The second-order valence-electron chi connectivity index (χ2n) is 17.1. The Kier molecular flexibility index (Phi) is 8.81. The number of para-hydroxylation sites is 1. The number of nitrogens with zero attached hydrogens (tertiary/aromatic N) is 3.